The Balaban J connectivity index is 1.36. The van der Waals surface area contributed by atoms with Crippen LogP contribution in [0.3, 0.4) is 0 Å². The van der Waals surface area contributed by atoms with Gasteiger partial charge in [0.15, 0.2) is 11.0 Å². The van der Waals surface area contributed by atoms with Gasteiger partial charge < -0.3 is 10.3 Å². The summed E-state index contributed by atoms with van der Waals surface area (Å²) in [5, 5.41) is 12.0. The van der Waals surface area contributed by atoms with E-state index in [9.17, 15) is 4.79 Å². The number of anilines is 1. The van der Waals surface area contributed by atoms with Crippen LogP contribution in [0.15, 0.2) is 61.3 Å². The maximum Gasteiger partial charge on any atom is 0.249 e. The molecule has 1 unspecified atom stereocenters. The van der Waals surface area contributed by atoms with Crippen molar-refractivity contribution >= 4 is 34.2 Å². The molecular weight excluding hydrogens is 410 g/mol. The molecule has 2 N–H and O–H groups in total. The number of carbonyl (C=O) groups is 1. The molecule has 1 fully saturated rings. The van der Waals surface area contributed by atoms with Gasteiger partial charge in [0.2, 0.25) is 5.91 Å². The fourth-order valence-corrected chi connectivity index (χ4v) is 5.23. The highest BCUT2D eigenvalue weighted by Gasteiger charge is 2.39. The van der Waals surface area contributed by atoms with Gasteiger partial charge in [-0.15, -0.1) is 16.8 Å². The second kappa shape index (κ2) is 8.29. The van der Waals surface area contributed by atoms with E-state index >= 15 is 0 Å². The number of amides is 1. The largest absolute Gasteiger partial charge is 0.361 e. The number of aromatic nitrogens is 3. The van der Waals surface area contributed by atoms with Crippen molar-refractivity contribution in [1.82, 2.24) is 20.1 Å². The number of nitrogens with zero attached hydrogens (tertiary/aromatic N) is 3. The second-order valence-corrected chi connectivity index (χ2v) is 8.68. The molecule has 1 saturated heterocycles. The molecule has 1 amide bonds. The Morgan fingerprint density at radius 2 is 2.23 bits per heavy atom. The van der Waals surface area contributed by atoms with Crippen LogP contribution in [-0.2, 0) is 11.2 Å². The van der Waals surface area contributed by atoms with Crippen molar-refractivity contribution in [3.05, 3.63) is 77.6 Å². The maximum atomic E-state index is 12.4. The lowest BCUT2D eigenvalue weighted by atomic mass is 9.72. The number of fused-ring (bicyclic) bond motifs is 2. The third-order valence-electron chi connectivity index (χ3n) is 6.37. The Kier molecular flexibility index (Phi) is 5.34. The third-order valence-corrected chi connectivity index (χ3v) is 6.58. The fourth-order valence-electron chi connectivity index (χ4n) is 5.12. The van der Waals surface area contributed by atoms with E-state index in [0.29, 0.717) is 22.9 Å². The van der Waals surface area contributed by atoms with Crippen molar-refractivity contribution in [3.8, 4) is 0 Å². The van der Waals surface area contributed by atoms with Gasteiger partial charge in [0.05, 0.1) is 0 Å². The van der Waals surface area contributed by atoms with Gasteiger partial charge >= 0.3 is 0 Å². The minimum Gasteiger partial charge on any atom is -0.361 e. The Bertz CT molecular complexity index is 1150. The highest BCUT2D eigenvalue weighted by molar-refractivity contribution is 6.29. The lowest BCUT2D eigenvalue weighted by Gasteiger charge is -2.46. The number of halogens is 1. The van der Waals surface area contributed by atoms with Crippen molar-refractivity contribution in [1.29, 1.82) is 0 Å². The lowest BCUT2D eigenvalue weighted by Crippen LogP contribution is -2.49. The minimum absolute atomic E-state index is 0.215. The minimum atomic E-state index is -0.215. The molecule has 0 saturated carbocycles. The van der Waals surface area contributed by atoms with Crippen LogP contribution in [0, 0.1) is 5.92 Å². The van der Waals surface area contributed by atoms with E-state index in [2.05, 4.69) is 56.4 Å². The van der Waals surface area contributed by atoms with Crippen LogP contribution >= 0.6 is 11.6 Å². The number of piperidine rings is 1. The van der Waals surface area contributed by atoms with Crippen molar-refractivity contribution in [3.63, 3.8) is 0 Å². The van der Waals surface area contributed by atoms with Gasteiger partial charge in [-0.25, -0.2) is 0 Å². The molecule has 158 valence electrons. The Morgan fingerprint density at radius 1 is 1.32 bits per heavy atom. The number of hydrogen-bond donors (Lipinski definition) is 2. The van der Waals surface area contributed by atoms with Crippen LogP contribution in [0.1, 0.15) is 23.5 Å². The number of aromatic amines is 1. The number of hydrogen-bond acceptors (Lipinski definition) is 4. The van der Waals surface area contributed by atoms with Crippen LogP contribution in [0.2, 0.25) is 5.15 Å². The highest BCUT2D eigenvalue weighted by atomic mass is 35.5. The molecule has 3 heterocycles. The number of rotatable bonds is 5. The molecule has 0 spiro atoms. The van der Waals surface area contributed by atoms with E-state index in [4.69, 9.17) is 11.6 Å². The number of likely N-dealkylation sites (tertiary alicyclic amines) is 1. The van der Waals surface area contributed by atoms with Crippen LogP contribution in [0.25, 0.3) is 10.9 Å². The monoisotopic (exact) mass is 433 g/mol. The summed E-state index contributed by atoms with van der Waals surface area (Å²) in [4.78, 5) is 18.3. The maximum absolute atomic E-state index is 12.4. The Morgan fingerprint density at radius 3 is 3.03 bits per heavy atom. The van der Waals surface area contributed by atoms with E-state index in [1.54, 1.807) is 18.2 Å². The first kappa shape index (κ1) is 20.0. The summed E-state index contributed by atoms with van der Waals surface area (Å²) >= 11 is 5.75. The Hall–Kier alpha value is -2.96. The van der Waals surface area contributed by atoms with Crippen molar-refractivity contribution < 1.29 is 4.79 Å². The fraction of sp³-hybridized carbons (Fsp3) is 0.292. The molecule has 2 aliphatic rings. The SMILES string of the molecule is C=CCN1C[C@H](/C=C/C(=O)Nc2ccc(Cl)nn2)CC2c3cccc4[nH]cc(c34)C[C@H]21. The molecule has 1 aliphatic heterocycles. The van der Waals surface area contributed by atoms with Crippen LogP contribution < -0.4 is 5.32 Å². The normalized spacial score (nSPS) is 23.1. The average Bonchev–Trinajstić information content (AvgIpc) is 3.19. The van der Waals surface area contributed by atoms with Gasteiger partial charge in [-0.2, -0.15) is 0 Å². The summed E-state index contributed by atoms with van der Waals surface area (Å²) in [5.74, 6) is 0.877. The quantitative estimate of drug-likeness (QED) is 0.464. The highest BCUT2D eigenvalue weighted by Crippen LogP contribution is 2.44. The standard InChI is InChI=1S/C24H24ClN5O/c1-2-10-30-14-15(6-9-23(31)27-22-8-7-21(25)28-29-22)11-18-17-4-3-5-19-24(17)16(13-26-19)12-20(18)30/h2-9,13,15,18,20,26H,1,10-12,14H2,(H,27,29,31)/b9-6+/t15-,18?,20-/m1/s1. The zero-order chi connectivity index (χ0) is 21.4. The van der Waals surface area contributed by atoms with Crippen LogP contribution in [0.5, 0.6) is 0 Å². The summed E-state index contributed by atoms with van der Waals surface area (Å²) in [7, 11) is 0. The van der Waals surface area contributed by atoms with Crippen LogP contribution in [-0.4, -0.2) is 45.1 Å². The summed E-state index contributed by atoms with van der Waals surface area (Å²) in [5.41, 5.74) is 4.03. The first-order chi connectivity index (χ1) is 15.1. The molecule has 31 heavy (non-hydrogen) atoms. The smallest absolute Gasteiger partial charge is 0.249 e. The molecule has 2 aromatic heterocycles. The molecule has 0 bridgehead atoms. The van der Waals surface area contributed by atoms with Gasteiger partial charge in [0, 0.05) is 42.1 Å². The number of H-pyrrole nitrogens is 1. The summed E-state index contributed by atoms with van der Waals surface area (Å²) in [6.07, 6.45) is 9.83. The molecule has 0 radical (unpaired) electrons. The molecule has 1 aromatic carbocycles. The molecule has 5 rings (SSSR count). The zero-order valence-corrected chi connectivity index (χ0v) is 17.8. The number of carbonyl (C=O) groups excluding carboxylic acids is 1. The van der Waals surface area contributed by atoms with Crippen molar-refractivity contribution in [2.75, 3.05) is 18.4 Å². The topological polar surface area (TPSA) is 73.9 Å². The van der Waals surface area contributed by atoms with Crippen LogP contribution in [0.4, 0.5) is 5.82 Å². The molecular formula is C24H24ClN5O. The molecule has 1 aliphatic carbocycles. The van der Waals surface area contributed by atoms with E-state index in [1.807, 2.05) is 12.2 Å². The third kappa shape index (κ3) is 3.89. The molecule has 3 aromatic rings. The van der Waals surface area contributed by atoms with Gasteiger partial charge in [-0.3, -0.25) is 9.69 Å². The predicted molar refractivity (Wildman–Crippen MR) is 123 cm³/mol. The average molecular weight is 434 g/mol. The molecule has 7 heteroatoms. The molecule has 6 nitrogen and oxygen atoms in total. The van der Waals surface area contributed by atoms with Crippen molar-refractivity contribution in [2.45, 2.75) is 24.8 Å². The van der Waals surface area contributed by atoms with Gasteiger partial charge in [-0.05, 0) is 54.2 Å². The van der Waals surface area contributed by atoms with E-state index in [1.165, 1.54) is 22.0 Å². The molecule has 3 atom stereocenters. The van der Waals surface area contributed by atoms with E-state index < -0.39 is 0 Å². The number of benzene rings is 1. The Labute approximate surface area is 186 Å². The van der Waals surface area contributed by atoms with E-state index in [0.717, 1.165) is 25.9 Å². The summed E-state index contributed by atoms with van der Waals surface area (Å²) in [6, 6.07) is 10.2. The van der Waals surface area contributed by atoms with Gasteiger partial charge in [0.25, 0.3) is 0 Å². The summed E-state index contributed by atoms with van der Waals surface area (Å²) < 4.78 is 0. The van der Waals surface area contributed by atoms with Gasteiger partial charge in [-0.1, -0.05) is 35.9 Å². The first-order valence-corrected chi connectivity index (χ1v) is 10.9. The lowest BCUT2D eigenvalue weighted by molar-refractivity contribution is -0.112. The van der Waals surface area contributed by atoms with Crippen molar-refractivity contribution in [2.24, 2.45) is 5.92 Å². The first-order valence-electron chi connectivity index (χ1n) is 10.5. The predicted octanol–water partition coefficient (Wildman–Crippen LogP) is 4.32. The van der Waals surface area contributed by atoms with Gasteiger partial charge in [0.1, 0.15) is 0 Å². The zero-order valence-electron chi connectivity index (χ0n) is 17.1. The van der Waals surface area contributed by atoms with E-state index in [-0.39, 0.29) is 11.8 Å². The summed E-state index contributed by atoms with van der Waals surface area (Å²) in [6.45, 7) is 5.72. The number of nitrogens with one attached hydrogen (secondary N) is 2. The second-order valence-electron chi connectivity index (χ2n) is 8.29.